The maximum atomic E-state index is 12.0. The van der Waals surface area contributed by atoms with E-state index >= 15 is 0 Å². The molecule has 0 saturated carbocycles. The second kappa shape index (κ2) is 9.59. The molecule has 0 aromatic heterocycles. The summed E-state index contributed by atoms with van der Waals surface area (Å²) < 4.78 is 16.8. The molecule has 2 aromatic rings. The van der Waals surface area contributed by atoms with Crippen LogP contribution in [-0.2, 0) is 10.2 Å². The summed E-state index contributed by atoms with van der Waals surface area (Å²) in [5.41, 5.74) is 4.42. The van der Waals surface area contributed by atoms with Gasteiger partial charge >= 0.3 is 0 Å². The Bertz CT molecular complexity index is 860. The van der Waals surface area contributed by atoms with Crippen molar-refractivity contribution in [3.05, 3.63) is 52.0 Å². The van der Waals surface area contributed by atoms with Crippen molar-refractivity contribution in [2.75, 3.05) is 20.8 Å². The molecule has 1 amide bonds. The summed E-state index contributed by atoms with van der Waals surface area (Å²) in [6.45, 7) is 6.27. The number of hydrazone groups is 1. The first-order chi connectivity index (χ1) is 13.2. The van der Waals surface area contributed by atoms with E-state index in [1.807, 2.05) is 18.2 Å². The van der Waals surface area contributed by atoms with Crippen LogP contribution < -0.4 is 19.6 Å². The third kappa shape index (κ3) is 5.99. The number of nitrogens with one attached hydrogen (secondary N) is 1. The molecule has 7 heteroatoms. The quantitative estimate of drug-likeness (QED) is 0.506. The number of carbonyl (C=O) groups excluding carboxylic acids is 1. The summed E-state index contributed by atoms with van der Waals surface area (Å²) in [7, 11) is 3.13. The minimum Gasteiger partial charge on any atom is -0.493 e. The number of carbonyl (C=O) groups is 1. The molecule has 0 atom stereocenters. The topological polar surface area (TPSA) is 69.2 Å². The van der Waals surface area contributed by atoms with E-state index in [4.69, 9.17) is 14.2 Å². The van der Waals surface area contributed by atoms with E-state index in [1.54, 1.807) is 32.4 Å². The lowest BCUT2D eigenvalue weighted by molar-refractivity contribution is -0.123. The highest BCUT2D eigenvalue weighted by Gasteiger charge is 2.15. The van der Waals surface area contributed by atoms with E-state index < -0.39 is 0 Å². The maximum absolute atomic E-state index is 12.0. The number of nitrogens with zero attached hydrogens (tertiary/aromatic N) is 1. The summed E-state index contributed by atoms with van der Waals surface area (Å²) in [5.74, 6) is 1.46. The Morgan fingerprint density at radius 3 is 2.36 bits per heavy atom. The summed E-state index contributed by atoms with van der Waals surface area (Å²) in [6.07, 6.45) is 1.52. The fourth-order valence-corrected chi connectivity index (χ4v) is 2.87. The zero-order valence-electron chi connectivity index (χ0n) is 16.7. The normalized spacial score (nSPS) is 11.4. The maximum Gasteiger partial charge on any atom is 0.277 e. The van der Waals surface area contributed by atoms with E-state index in [0.29, 0.717) is 17.2 Å². The number of hydrogen-bond acceptors (Lipinski definition) is 5. The SMILES string of the molecule is COc1ccc(/C=N/NC(=O)COc2ccc(C(C)(C)C)cc2Br)cc1OC. The van der Waals surface area contributed by atoms with Gasteiger partial charge in [0.2, 0.25) is 0 Å². The molecule has 2 aromatic carbocycles. The average molecular weight is 449 g/mol. The number of halogens is 1. The largest absolute Gasteiger partial charge is 0.493 e. The van der Waals surface area contributed by atoms with E-state index in [-0.39, 0.29) is 17.9 Å². The Morgan fingerprint density at radius 1 is 1.07 bits per heavy atom. The second-order valence-electron chi connectivity index (χ2n) is 7.09. The van der Waals surface area contributed by atoms with Crippen molar-refractivity contribution in [2.45, 2.75) is 26.2 Å². The van der Waals surface area contributed by atoms with Gasteiger partial charge in [0.25, 0.3) is 5.91 Å². The highest BCUT2D eigenvalue weighted by Crippen LogP contribution is 2.31. The van der Waals surface area contributed by atoms with Crippen LogP contribution >= 0.6 is 15.9 Å². The Labute approximate surface area is 174 Å². The predicted molar refractivity (Wildman–Crippen MR) is 114 cm³/mol. The van der Waals surface area contributed by atoms with Crippen LogP contribution in [0.15, 0.2) is 46.0 Å². The standard InChI is InChI=1S/C21H25BrN2O4/c1-21(2,3)15-7-9-17(16(22)11-15)28-13-20(25)24-23-12-14-6-8-18(26-4)19(10-14)27-5/h6-12H,13H2,1-5H3,(H,24,25)/b23-12+. The van der Waals surface area contributed by atoms with Gasteiger partial charge in [-0.15, -0.1) is 0 Å². The molecule has 0 unspecified atom stereocenters. The Kier molecular flexibility index (Phi) is 7.45. The van der Waals surface area contributed by atoms with Gasteiger partial charge in [-0.05, 0) is 62.8 Å². The number of ether oxygens (including phenoxy) is 3. The minimum atomic E-state index is -0.358. The molecule has 0 fully saturated rings. The van der Waals surface area contributed by atoms with Crippen molar-refractivity contribution >= 4 is 28.1 Å². The van der Waals surface area contributed by atoms with E-state index in [9.17, 15) is 4.79 Å². The molecule has 0 spiro atoms. The van der Waals surface area contributed by atoms with Crippen molar-refractivity contribution < 1.29 is 19.0 Å². The van der Waals surface area contributed by atoms with Crippen molar-refractivity contribution in [2.24, 2.45) is 5.10 Å². The molecule has 6 nitrogen and oxygen atoms in total. The number of amides is 1. The van der Waals surface area contributed by atoms with Crippen LogP contribution in [0.5, 0.6) is 17.2 Å². The Hall–Kier alpha value is -2.54. The molecule has 0 aliphatic rings. The lowest BCUT2D eigenvalue weighted by Crippen LogP contribution is -2.24. The number of benzene rings is 2. The third-order valence-corrected chi connectivity index (χ3v) is 4.59. The number of methoxy groups -OCH3 is 2. The molecular weight excluding hydrogens is 424 g/mol. The first-order valence-electron chi connectivity index (χ1n) is 8.71. The summed E-state index contributed by atoms with van der Waals surface area (Å²) in [6, 6.07) is 11.2. The van der Waals surface area contributed by atoms with E-state index in [0.717, 1.165) is 10.0 Å². The minimum absolute atomic E-state index is 0.0390. The predicted octanol–water partition coefficient (Wildman–Crippen LogP) is 4.29. The van der Waals surface area contributed by atoms with E-state index in [1.165, 1.54) is 11.8 Å². The van der Waals surface area contributed by atoms with Gasteiger partial charge in [-0.3, -0.25) is 4.79 Å². The zero-order valence-corrected chi connectivity index (χ0v) is 18.3. The molecule has 0 bridgehead atoms. The number of hydrogen-bond donors (Lipinski definition) is 1. The third-order valence-electron chi connectivity index (χ3n) is 3.97. The molecule has 0 radical (unpaired) electrons. The van der Waals surface area contributed by atoms with Gasteiger partial charge in [0.1, 0.15) is 5.75 Å². The van der Waals surface area contributed by atoms with Crippen molar-refractivity contribution in [3.63, 3.8) is 0 Å². The van der Waals surface area contributed by atoms with E-state index in [2.05, 4.69) is 47.2 Å². The number of rotatable bonds is 7. The van der Waals surface area contributed by atoms with Gasteiger partial charge in [0.05, 0.1) is 24.9 Å². The molecule has 0 aliphatic heterocycles. The fraction of sp³-hybridized carbons (Fsp3) is 0.333. The Morgan fingerprint density at radius 2 is 1.75 bits per heavy atom. The van der Waals surface area contributed by atoms with Crippen LogP contribution in [-0.4, -0.2) is 32.9 Å². The molecule has 2 rings (SSSR count). The lowest BCUT2D eigenvalue weighted by Gasteiger charge is -2.20. The highest BCUT2D eigenvalue weighted by atomic mass is 79.9. The molecule has 0 aliphatic carbocycles. The highest BCUT2D eigenvalue weighted by molar-refractivity contribution is 9.10. The van der Waals surface area contributed by atoms with Gasteiger partial charge in [-0.25, -0.2) is 5.43 Å². The molecular formula is C21H25BrN2O4. The van der Waals surface area contributed by atoms with Crippen molar-refractivity contribution in [1.82, 2.24) is 5.43 Å². The molecule has 0 saturated heterocycles. The molecule has 1 N–H and O–H groups in total. The summed E-state index contributed by atoms with van der Waals surface area (Å²) in [4.78, 5) is 12.0. The van der Waals surface area contributed by atoms with Crippen LogP contribution in [0.25, 0.3) is 0 Å². The van der Waals surface area contributed by atoms with Crippen LogP contribution in [0.1, 0.15) is 31.9 Å². The van der Waals surface area contributed by atoms with Crippen LogP contribution in [0.4, 0.5) is 0 Å². The van der Waals surface area contributed by atoms with Crippen LogP contribution in [0.3, 0.4) is 0 Å². The van der Waals surface area contributed by atoms with Gasteiger partial charge in [-0.2, -0.15) is 5.10 Å². The average Bonchev–Trinajstić information content (AvgIpc) is 2.66. The smallest absolute Gasteiger partial charge is 0.277 e. The monoisotopic (exact) mass is 448 g/mol. The van der Waals surface area contributed by atoms with Gasteiger partial charge in [-0.1, -0.05) is 26.8 Å². The summed E-state index contributed by atoms with van der Waals surface area (Å²) >= 11 is 3.49. The van der Waals surface area contributed by atoms with Crippen molar-refractivity contribution in [1.29, 1.82) is 0 Å². The fourth-order valence-electron chi connectivity index (χ4n) is 2.37. The van der Waals surface area contributed by atoms with Gasteiger partial charge < -0.3 is 14.2 Å². The molecule has 28 heavy (non-hydrogen) atoms. The van der Waals surface area contributed by atoms with Gasteiger partial charge in [0, 0.05) is 0 Å². The van der Waals surface area contributed by atoms with Crippen LogP contribution in [0, 0.1) is 0 Å². The first kappa shape index (κ1) is 21.8. The second-order valence-corrected chi connectivity index (χ2v) is 7.95. The molecule has 150 valence electrons. The molecule has 0 heterocycles. The Balaban J connectivity index is 1.90. The zero-order chi connectivity index (χ0) is 20.7. The lowest BCUT2D eigenvalue weighted by atomic mass is 9.87. The first-order valence-corrected chi connectivity index (χ1v) is 9.50. The van der Waals surface area contributed by atoms with Crippen molar-refractivity contribution in [3.8, 4) is 17.2 Å². The van der Waals surface area contributed by atoms with Crippen LogP contribution in [0.2, 0.25) is 0 Å². The summed E-state index contributed by atoms with van der Waals surface area (Å²) in [5, 5.41) is 3.94. The van der Waals surface area contributed by atoms with Gasteiger partial charge in [0.15, 0.2) is 18.1 Å².